The molecule has 10 nitrogen and oxygen atoms in total. The molecule has 296 valence electrons. The summed E-state index contributed by atoms with van der Waals surface area (Å²) in [6.45, 7) is 12.3. The predicted molar refractivity (Wildman–Crippen MR) is 226 cm³/mol. The summed E-state index contributed by atoms with van der Waals surface area (Å²) >= 11 is 0. The normalized spacial score (nSPS) is 27.3. The molecule has 6 aromatic rings. The SMILES string of the molecule is C=C[C@H]1CN2CC[C@H]1C[C@@H]2[C@H](Oc1nnc(O[C@@H](c2ccnc3ccc(OC)cc23)[C@@H]2C[C@H]3CCN2C[C@@H]3C=C)c2ccccc12)c1ccnc2ccc(OC)cc12. The van der Waals surface area contributed by atoms with Crippen LogP contribution in [-0.2, 0) is 0 Å². The number of nitrogens with zero attached hydrogens (tertiary/aromatic N) is 6. The van der Waals surface area contributed by atoms with Crippen molar-refractivity contribution < 1.29 is 18.9 Å². The maximum atomic E-state index is 7.26. The van der Waals surface area contributed by atoms with Gasteiger partial charge in [-0.05, 0) is 123 Å². The molecule has 10 atom stereocenters. The van der Waals surface area contributed by atoms with Gasteiger partial charge in [-0.3, -0.25) is 19.8 Å². The lowest BCUT2D eigenvalue weighted by Gasteiger charge is -2.51. The van der Waals surface area contributed by atoms with E-state index in [4.69, 9.17) is 39.1 Å². The van der Waals surface area contributed by atoms with Crippen molar-refractivity contribution in [3.63, 3.8) is 0 Å². The molecule has 0 amide bonds. The fourth-order valence-corrected chi connectivity index (χ4v) is 10.6. The first-order valence-electron chi connectivity index (χ1n) is 20.7. The maximum Gasteiger partial charge on any atom is 0.242 e. The Labute approximate surface area is 339 Å². The van der Waals surface area contributed by atoms with Crippen LogP contribution in [0.2, 0.25) is 0 Å². The third-order valence-electron chi connectivity index (χ3n) is 13.7. The lowest BCUT2D eigenvalue weighted by molar-refractivity contribution is -0.0382. The standard InChI is InChI=1S/C48H50N6O4/c1-5-29-27-53-21-17-31(29)23-43(53)45(35-15-19-49-41-13-11-33(55-3)25-39(35)41)57-47-37-9-7-8-10-38(37)48(52-51-47)58-46(44-24-32-18-22-54(44)28-30(32)6-2)36-16-20-50-42-14-12-34(56-4)26-40(36)42/h5-16,19-20,25-26,29-32,43-46H,1-2,17-18,21-24,27-28H2,3-4H3/t29-,30-,31-,32+,43+,44-,45+,46-/m0/s1. The van der Waals surface area contributed by atoms with Crippen LogP contribution in [0, 0.1) is 23.7 Å². The number of rotatable bonds is 12. The van der Waals surface area contributed by atoms with Crippen molar-refractivity contribution in [2.24, 2.45) is 23.7 Å². The Hall–Kier alpha value is -5.58. The second-order valence-corrected chi connectivity index (χ2v) is 16.5. The minimum absolute atomic E-state index is 0.125. The highest BCUT2D eigenvalue weighted by Crippen LogP contribution is 2.47. The van der Waals surface area contributed by atoms with Gasteiger partial charge >= 0.3 is 0 Å². The molecular weight excluding hydrogens is 725 g/mol. The smallest absolute Gasteiger partial charge is 0.242 e. The molecule has 9 heterocycles. The highest BCUT2D eigenvalue weighted by Gasteiger charge is 2.46. The number of pyridine rings is 2. The molecule has 6 aliphatic rings. The van der Waals surface area contributed by atoms with E-state index in [2.05, 4.69) is 71.5 Å². The van der Waals surface area contributed by atoms with E-state index in [9.17, 15) is 0 Å². The summed E-state index contributed by atoms with van der Waals surface area (Å²) in [5.74, 6) is 4.57. The van der Waals surface area contributed by atoms with Crippen LogP contribution in [0.3, 0.4) is 0 Å². The van der Waals surface area contributed by atoms with E-state index < -0.39 is 0 Å². The lowest BCUT2D eigenvalue weighted by Crippen LogP contribution is -2.55. The third kappa shape index (κ3) is 6.43. The Balaban J connectivity index is 1.07. The monoisotopic (exact) mass is 774 g/mol. The van der Waals surface area contributed by atoms with Crippen LogP contribution in [0.5, 0.6) is 23.3 Å². The van der Waals surface area contributed by atoms with Gasteiger partial charge in [-0.15, -0.1) is 23.4 Å². The molecule has 3 aromatic heterocycles. The van der Waals surface area contributed by atoms with Crippen molar-refractivity contribution in [2.75, 3.05) is 40.4 Å². The Kier molecular flexibility index (Phi) is 9.69. The largest absolute Gasteiger partial charge is 0.497 e. The Morgan fingerprint density at radius 3 is 1.48 bits per heavy atom. The van der Waals surface area contributed by atoms with Gasteiger partial charge in [-0.1, -0.05) is 24.3 Å². The zero-order chi connectivity index (χ0) is 39.3. The molecule has 0 aliphatic carbocycles. The first-order valence-corrected chi connectivity index (χ1v) is 20.7. The van der Waals surface area contributed by atoms with Gasteiger partial charge in [-0.2, -0.15) is 0 Å². The van der Waals surface area contributed by atoms with E-state index in [1.165, 1.54) is 0 Å². The van der Waals surface area contributed by atoms with Crippen LogP contribution in [-0.4, -0.2) is 82.4 Å². The lowest BCUT2D eigenvalue weighted by atomic mass is 9.73. The number of hydrogen-bond acceptors (Lipinski definition) is 10. The molecule has 6 aliphatic heterocycles. The van der Waals surface area contributed by atoms with Crippen molar-refractivity contribution in [3.8, 4) is 23.3 Å². The van der Waals surface area contributed by atoms with Gasteiger partial charge in [0.25, 0.3) is 0 Å². The summed E-state index contributed by atoms with van der Waals surface area (Å²) in [6, 6.07) is 24.7. The molecule has 2 unspecified atom stereocenters. The molecule has 4 bridgehead atoms. The molecule has 10 heteroatoms. The first kappa shape index (κ1) is 36.7. The van der Waals surface area contributed by atoms with Gasteiger partial charge in [0.2, 0.25) is 11.8 Å². The van der Waals surface area contributed by atoms with Crippen LogP contribution >= 0.6 is 0 Å². The summed E-state index contributed by atoms with van der Waals surface area (Å²) in [5, 5.41) is 13.5. The zero-order valence-corrected chi connectivity index (χ0v) is 33.2. The summed E-state index contributed by atoms with van der Waals surface area (Å²) in [7, 11) is 3.40. The molecule has 6 saturated heterocycles. The molecule has 12 rings (SSSR count). The zero-order valence-electron chi connectivity index (χ0n) is 33.2. The predicted octanol–water partition coefficient (Wildman–Crippen LogP) is 8.78. The number of fused-ring (bicyclic) bond motifs is 9. The van der Waals surface area contributed by atoms with E-state index in [1.807, 2.05) is 48.8 Å². The third-order valence-corrected chi connectivity index (χ3v) is 13.7. The van der Waals surface area contributed by atoms with Gasteiger partial charge in [-0.25, -0.2) is 0 Å². The van der Waals surface area contributed by atoms with E-state index >= 15 is 0 Å². The van der Waals surface area contributed by atoms with Crippen LogP contribution in [0.1, 0.15) is 49.0 Å². The Bertz CT molecular complexity index is 2340. The molecular formula is C48H50N6O4. The highest BCUT2D eigenvalue weighted by atomic mass is 16.5. The summed E-state index contributed by atoms with van der Waals surface area (Å²) < 4.78 is 25.9. The molecule has 58 heavy (non-hydrogen) atoms. The van der Waals surface area contributed by atoms with Crippen molar-refractivity contribution >= 4 is 32.6 Å². The number of methoxy groups -OCH3 is 2. The second kappa shape index (κ2) is 15.3. The van der Waals surface area contributed by atoms with Gasteiger partial charge in [0.15, 0.2) is 0 Å². The van der Waals surface area contributed by atoms with E-state index in [0.29, 0.717) is 35.4 Å². The van der Waals surface area contributed by atoms with E-state index in [0.717, 1.165) is 107 Å². The van der Waals surface area contributed by atoms with Gasteiger partial charge < -0.3 is 18.9 Å². The topological polar surface area (TPSA) is 95.0 Å². The quantitative estimate of drug-likeness (QED) is 0.112. The van der Waals surface area contributed by atoms with Gasteiger partial charge in [0.1, 0.15) is 23.7 Å². The summed E-state index contributed by atoms with van der Waals surface area (Å²) in [5.41, 5.74) is 3.90. The highest BCUT2D eigenvalue weighted by molar-refractivity contribution is 5.91. The summed E-state index contributed by atoms with van der Waals surface area (Å²) in [6.07, 6.45) is 11.7. The fraction of sp³-hybridized carbons (Fsp3) is 0.375. The molecule has 0 spiro atoms. The molecule has 0 N–H and O–H groups in total. The Morgan fingerprint density at radius 2 is 1.09 bits per heavy atom. The van der Waals surface area contributed by atoms with Crippen molar-refractivity contribution in [2.45, 2.75) is 50.0 Å². The van der Waals surface area contributed by atoms with Crippen LogP contribution in [0.25, 0.3) is 32.6 Å². The minimum atomic E-state index is -0.343. The molecule has 0 radical (unpaired) electrons. The van der Waals surface area contributed by atoms with Crippen LogP contribution in [0.4, 0.5) is 0 Å². The van der Waals surface area contributed by atoms with Crippen LogP contribution < -0.4 is 18.9 Å². The second-order valence-electron chi connectivity index (χ2n) is 16.5. The minimum Gasteiger partial charge on any atom is -0.497 e. The number of ether oxygens (including phenoxy) is 4. The van der Waals surface area contributed by atoms with Crippen molar-refractivity contribution in [3.05, 3.63) is 122 Å². The average Bonchev–Trinajstić information content (AvgIpc) is 3.29. The first-order chi connectivity index (χ1) is 28.5. The van der Waals surface area contributed by atoms with Crippen molar-refractivity contribution in [1.29, 1.82) is 0 Å². The van der Waals surface area contributed by atoms with E-state index in [1.54, 1.807) is 14.2 Å². The molecule has 0 saturated carbocycles. The molecule has 3 aromatic carbocycles. The fourth-order valence-electron chi connectivity index (χ4n) is 10.6. The Morgan fingerprint density at radius 1 is 0.621 bits per heavy atom. The van der Waals surface area contributed by atoms with Gasteiger partial charge in [0.05, 0.1) is 48.1 Å². The molecule has 6 fully saturated rings. The average molecular weight is 775 g/mol. The maximum absolute atomic E-state index is 7.26. The number of hydrogen-bond donors (Lipinski definition) is 0. The number of benzene rings is 3. The van der Waals surface area contributed by atoms with Crippen LogP contribution in [0.15, 0.2) is 111 Å². The van der Waals surface area contributed by atoms with E-state index in [-0.39, 0.29) is 24.3 Å². The van der Waals surface area contributed by atoms with Gasteiger partial charge in [0, 0.05) is 47.4 Å². The van der Waals surface area contributed by atoms with Crippen molar-refractivity contribution in [1.82, 2.24) is 30.0 Å². The number of aromatic nitrogens is 4. The number of piperidine rings is 6. The summed E-state index contributed by atoms with van der Waals surface area (Å²) in [4.78, 5) is 14.6.